The number of hydrogen-bond acceptors (Lipinski definition) is 1. The minimum atomic E-state index is 0. The highest BCUT2D eigenvalue weighted by molar-refractivity contribution is 4.81. The molecule has 0 aromatic carbocycles. The lowest BCUT2D eigenvalue weighted by Gasteiger charge is -2.35. The van der Waals surface area contributed by atoms with Crippen molar-refractivity contribution in [2.45, 2.75) is 59.9 Å². The van der Waals surface area contributed by atoms with Crippen LogP contribution >= 0.6 is 0 Å². The Bertz CT molecular complexity index is 115. The van der Waals surface area contributed by atoms with Crippen LogP contribution in [0.15, 0.2) is 0 Å². The summed E-state index contributed by atoms with van der Waals surface area (Å²) < 4.78 is 0. The second-order valence-electron chi connectivity index (χ2n) is 4.98. The molecule has 1 saturated carbocycles. The zero-order valence-electron chi connectivity index (χ0n) is 8.06. The van der Waals surface area contributed by atoms with Crippen LogP contribution in [0.25, 0.3) is 0 Å². The van der Waals surface area contributed by atoms with Crippen LogP contribution in [-0.2, 0) is 0 Å². The largest absolute Gasteiger partial charge is 0.328 e. The Morgan fingerprint density at radius 3 is 1.75 bits per heavy atom. The summed E-state index contributed by atoms with van der Waals surface area (Å²) in [5.74, 6) is 0.905. The summed E-state index contributed by atoms with van der Waals surface area (Å²) in [5, 5.41) is 0. The Morgan fingerprint density at radius 2 is 1.42 bits per heavy atom. The Kier molecular flexibility index (Phi) is 4.25. The Morgan fingerprint density at radius 1 is 1.00 bits per heavy atom. The highest BCUT2D eigenvalue weighted by Crippen LogP contribution is 2.37. The molecule has 1 fully saturated rings. The van der Waals surface area contributed by atoms with Crippen molar-refractivity contribution >= 4 is 0 Å². The zero-order chi connectivity index (χ0) is 8.48. The minimum Gasteiger partial charge on any atom is -0.328 e. The third-order valence-electron chi connectivity index (χ3n) is 3.00. The average Bonchev–Trinajstić information content (AvgIpc) is 1.86. The fourth-order valence-electron chi connectivity index (χ4n) is 1.99. The van der Waals surface area contributed by atoms with Gasteiger partial charge in [0.05, 0.1) is 0 Å². The summed E-state index contributed by atoms with van der Waals surface area (Å²) in [5.41, 5.74) is 6.34. The van der Waals surface area contributed by atoms with Gasteiger partial charge in [-0.2, -0.15) is 0 Å². The van der Waals surface area contributed by atoms with Crippen LogP contribution in [0.3, 0.4) is 0 Å². The molecule has 12 heavy (non-hydrogen) atoms. The van der Waals surface area contributed by atoms with Gasteiger partial charge in [-0.05, 0) is 37.0 Å². The van der Waals surface area contributed by atoms with Crippen molar-refractivity contribution in [1.82, 2.24) is 0 Å². The van der Waals surface area contributed by atoms with Gasteiger partial charge in [0.25, 0.3) is 0 Å². The third kappa shape index (κ3) is 3.14. The number of rotatable bonds is 0. The van der Waals surface area contributed by atoms with E-state index in [1.807, 2.05) is 0 Å². The molecule has 2 N–H and O–H groups in total. The molecule has 1 aliphatic rings. The van der Waals surface area contributed by atoms with Crippen molar-refractivity contribution < 1.29 is 0 Å². The SMILES string of the molecule is C.CC(C)(C)C1CCC(N)CC1. The third-order valence-corrected chi connectivity index (χ3v) is 3.00. The second kappa shape index (κ2) is 4.27. The van der Waals surface area contributed by atoms with Crippen LogP contribution in [-0.4, -0.2) is 6.04 Å². The van der Waals surface area contributed by atoms with Gasteiger partial charge in [0.2, 0.25) is 0 Å². The molecule has 0 aromatic rings. The first kappa shape index (κ1) is 12.0. The van der Waals surface area contributed by atoms with E-state index in [-0.39, 0.29) is 7.43 Å². The lowest BCUT2D eigenvalue weighted by molar-refractivity contribution is 0.170. The van der Waals surface area contributed by atoms with E-state index in [0.717, 1.165) is 5.92 Å². The van der Waals surface area contributed by atoms with Gasteiger partial charge in [-0.15, -0.1) is 0 Å². The van der Waals surface area contributed by atoms with E-state index < -0.39 is 0 Å². The fraction of sp³-hybridized carbons (Fsp3) is 1.00. The molecule has 74 valence electrons. The summed E-state index contributed by atoms with van der Waals surface area (Å²) in [6.45, 7) is 7.03. The van der Waals surface area contributed by atoms with Crippen molar-refractivity contribution in [2.24, 2.45) is 17.1 Å². The van der Waals surface area contributed by atoms with Crippen LogP contribution in [0.4, 0.5) is 0 Å². The first-order chi connectivity index (χ1) is 5.00. The topological polar surface area (TPSA) is 26.0 Å². The summed E-state index contributed by atoms with van der Waals surface area (Å²) in [4.78, 5) is 0. The molecule has 0 radical (unpaired) electrons. The first-order valence-electron chi connectivity index (χ1n) is 4.76. The summed E-state index contributed by atoms with van der Waals surface area (Å²) >= 11 is 0. The van der Waals surface area contributed by atoms with Gasteiger partial charge >= 0.3 is 0 Å². The van der Waals surface area contributed by atoms with E-state index >= 15 is 0 Å². The van der Waals surface area contributed by atoms with Gasteiger partial charge in [0.15, 0.2) is 0 Å². The number of hydrogen-bond donors (Lipinski definition) is 1. The molecule has 1 heteroatoms. The molecule has 1 rings (SSSR count). The van der Waals surface area contributed by atoms with E-state index in [1.54, 1.807) is 0 Å². The standard InChI is InChI=1S/C10H21N.CH4/c1-10(2,3)8-4-6-9(11)7-5-8;/h8-9H,4-7,11H2,1-3H3;1H4. The van der Waals surface area contributed by atoms with E-state index in [0.29, 0.717) is 11.5 Å². The molecule has 0 aromatic heterocycles. The van der Waals surface area contributed by atoms with E-state index in [4.69, 9.17) is 5.73 Å². The Hall–Kier alpha value is -0.0400. The first-order valence-corrected chi connectivity index (χ1v) is 4.76. The van der Waals surface area contributed by atoms with Crippen molar-refractivity contribution in [3.05, 3.63) is 0 Å². The second-order valence-corrected chi connectivity index (χ2v) is 4.98. The quantitative estimate of drug-likeness (QED) is 0.595. The van der Waals surface area contributed by atoms with Gasteiger partial charge in [0.1, 0.15) is 0 Å². The van der Waals surface area contributed by atoms with E-state index in [1.165, 1.54) is 25.7 Å². The molecule has 0 heterocycles. The maximum atomic E-state index is 5.84. The van der Waals surface area contributed by atoms with E-state index in [2.05, 4.69) is 20.8 Å². The van der Waals surface area contributed by atoms with Crippen LogP contribution in [0.2, 0.25) is 0 Å². The Balaban J connectivity index is 0.00000121. The van der Waals surface area contributed by atoms with Crippen LogP contribution in [0.1, 0.15) is 53.9 Å². The highest BCUT2D eigenvalue weighted by atomic mass is 14.6. The molecule has 0 amide bonds. The average molecular weight is 171 g/mol. The predicted octanol–water partition coefficient (Wildman–Crippen LogP) is 3.19. The van der Waals surface area contributed by atoms with Gasteiger partial charge < -0.3 is 5.73 Å². The molecule has 0 bridgehead atoms. The number of nitrogens with two attached hydrogens (primary N) is 1. The molecular weight excluding hydrogens is 146 g/mol. The normalized spacial score (nSPS) is 31.0. The van der Waals surface area contributed by atoms with E-state index in [9.17, 15) is 0 Å². The van der Waals surface area contributed by atoms with Gasteiger partial charge in [-0.3, -0.25) is 0 Å². The fourth-order valence-corrected chi connectivity index (χ4v) is 1.99. The van der Waals surface area contributed by atoms with Crippen molar-refractivity contribution in [3.8, 4) is 0 Å². The maximum Gasteiger partial charge on any atom is 0.00390 e. The van der Waals surface area contributed by atoms with Gasteiger partial charge in [-0.1, -0.05) is 28.2 Å². The molecular formula is C11H25N. The minimum absolute atomic E-state index is 0. The molecule has 0 atom stereocenters. The molecule has 0 saturated heterocycles. The van der Waals surface area contributed by atoms with Crippen molar-refractivity contribution in [2.75, 3.05) is 0 Å². The van der Waals surface area contributed by atoms with Crippen LogP contribution in [0.5, 0.6) is 0 Å². The van der Waals surface area contributed by atoms with Crippen molar-refractivity contribution in [3.63, 3.8) is 0 Å². The predicted molar refractivity (Wildman–Crippen MR) is 56.1 cm³/mol. The lowest BCUT2D eigenvalue weighted by atomic mass is 9.71. The van der Waals surface area contributed by atoms with Gasteiger partial charge in [0, 0.05) is 6.04 Å². The molecule has 0 spiro atoms. The molecule has 1 nitrogen and oxygen atoms in total. The molecule has 0 aliphatic heterocycles. The van der Waals surface area contributed by atoms with Crippen molar-refractivity contribution in [1.29, 1.82) is 0 Å². The van der Waals surface area contributed by atoms with Gasteiger partial charge in [-0.25, -0.2) is 0 Å². The summed E-state index contributed by atoms with van der Waals surface area (Å²) in [7, 11) is 0. The van der Waals surface area contributed by atoms with Crippen LogP contribution < -0.4 is 5.73 Å². The maximum absolute atomic E-state index is 5.84. The molecule has 1 aliphatic carbocycles. The highest BCUT2D eigenvalue weighted by Gasteiger charge is 2.28. The van der Waals surface area contributed by atoms with Crippen LogP contribution in [0, 0.1) is 11.3 Å². The smallest absolute Gasteiger partial charge is 0.00390 e. The zero-order valence-corrected chi connectivity index (χ0v) is 8.06. The summed E-state index contributed by atoms with van der Waals surface area (Å²) in [6, 6.07) is 0.494. The summed E-state index contributed by atoms with van der Waals surface area (Å²) in [6.07, 6.45) is 5.15. The lowest BCUT2D eigenvalue weighted by Crippen LogP contribution is -2.31. The monoisotopic (exact) mass is 171 g/mol. The Labute approximate surface area is 77.7 Å². The molecule has 0 unspecified atom stereocenters.